The third kappa shape index (κ3) is 2.45. The molecule has 1 fully saturated rings. The molecule has 1 aromatic carbocycles. The fraction of sp³-hybridized carbons (Fsp3) is 0.389. The zero-order chi connectivity index (χ0) is 14.9. The van der Waals surface area contributed by atoms with Crippen LogP contribution in [0.1, 0.15) is 48.8 Å². The SMILES string of the molecule is CC1(c2sc(C#N)c(N)c2-c2ccccc2)CCCCC1. The van der Waals surface area contributed by atoms with Gasteiger partial charge in [0.2, 0.25) is 0 Å². The van der Waals surface area contributed by atoms with E-state index >= 15 is 0 Å². The summed E-state index contributed by atoms with van der Waals surface area (Å²) in [6.45, 7) is 2.34. The van der Waals surface area contributed by atoms with E-state index in [4.69, 9.17) is 5.73 Å². The molecule has 1 aliphatic rings. The maximum Gasteiger partial charge on any atom is 0.128 e. The van der Waals surface area contributed by atoms with Crippen molar-refractivity contribution in [1.82, 2.24) is 0 Å². The number of hydrogen-bond donors (Lipinski definition) is 1. The standard InChI is InChI=1S/C18H20N2S/c1-18(10-6-3-7-11-18)17-15(13-8-4-2-5-9-13)16(20)14(12-19)21-17/h2,4-5,8-9H,3,6-7,10-11,20H2,1H3. The summed E-state index contributed by atoms with van der Waals surface area (Å²) in [5.41, 5.74) is 9.36. The lowest BCUT2D eigenvalue weighted by molar-refractivity contribution is 0.326. The molecule has 3 heteroatoms. The molecule has 0 unspecified atom stereocenters. The fourth-order valence-electron chi connectivity index (χ4n) is 3.40. The molecule has 108 valence electrons. The van der Waals surface area contributed by atoms with E-state index < -0.39 is 0 Å². The van der Waals surface area contributed by atoms with E-state index in [-0.39, 0.29) is 5.41 Å². The monoisotopic (exact) mass is 296 g/mol. The van der Waals surface area contributed by atoms with Gasteiger partial charge in [0.15, 0.2) is 0 Å². The topological polar surface area (TPSA) is 49.8 Å². The van der Waals surface area contributed by atoms with Crippen molar-refractivity contribution >= 4 is 17.0 Å². The first kappa shape index (κ1) is 14.2. The van der Waals surface area contributed by atoms with Crippen LogP contribution in [-0.4, -0.2) is 0 Å². The Balaban J connectivity index is 2.19. The zero-order valence-corrected chi connectivity index (χ0v) is 13.2. The number of benzene rings is 1. The van der Waals surface area contributed by atoms with Crippen molar-refractivity contribution in [2.75, 3.05) is 5.73 Å². The Morgan fingerprint density at radius 3 is 2.43 bits per heavy atom. The molecular weight excluding hydrogens is 276 g/mol. The van der Waals surface area contributed by atoms with Crippen molar-refractivity contribution in [3.05, 3.63) is 40.1 Å². The molecule has 1 aliphatic carbocycles. The minimum absolute atomic E-state index is 0.164. The molecule has 2 N–H and O–H groups in total. The molecule has 1 aromatic heterocycles. The Morgan fingerprint density at radius 2 is 1.81 bits per heavy atom. The summed E-state index contributed by atoms with van der Waals surface area (Å²) in [6, 6.07) is 12.5. The number of anilines is 1. The normalized spacial score (nSPS) is 17.3. The first-order valence-electron chi connectivity index (χ1n) is 7.54. The smallest absolute Gasteiger partial charge is 0.128 e. The Kier molecular flexibility index (Phi) is 3.73. The van der Waals surface area contributed by atoms with Crippen molar-refractivity contribution in [3.63, 3.8) is 0 Å². The van der Waals surface area contributed by atoms with E-state index in [1.54, 1.807) is 11.3 Å². The minimum atomic E-state index is 0.164. The van der Waals surface area contributed by atoms with E-state index in [1.807, 2.05) is 18.2 Å². The van der Waals surface area contributed by atoms with Gasteiger partial charge in [-0.1, -0.05) is 56.5 Å². The van der Waals surface area contributed by atoms with Crippen LogP contribution < -0.4 is 5.73 Å². The van der Waals surface area contributed by atoms with Gasteiger partial charge in [-0.25, -0.2) is 0 Å². The highest BCUT2D eigenvalue weighted by molar-refractivity contribution is 7.14. The second kappa shape index (κ2) is 5.54. The summed E-state index contributed by atoms with van der Waals surface area (Å²) in [4.78, 5) is 1.97. The number of thiophene rings is 1. The lowest BCUT2D eigenvalue weighted by atomic mass is 9.73. The van der Waals surface area contributed by atoms with Crippen LogP contribution in [0.5, 0.6) is 0 Å². The largest absolute Gasteiger partial charge is 0.396 e. The average Bonchev–Trinajstić information content (AvgIpc) is 2.86. The summed E-state index contributed by atoms with van der Waals surface area (Å²) in [6.07, 6.45) is 6.24. The summed E-state index contributed by atoms with van der Waals surface area (Å²) >= 11 is 1.60. The van der Waals surface area contributed by atoms with E-state index in [2.05, 4.69) is 25.1 Å². The van der Waals surface area contributed by atoms with Crippen LogP contribution in [0, 0.1) is 11.3 Å². The molecule has 0 saturated heterocycles. The van der Waals surface area contributed by atoms with Crippen molar-refractivity contribution < 1.29 is 0 Å². The molecule has 3 rings (SSSR count). The Labute approximate surface area is 130 Å². The molecule has 0 atom stereocenters. The van der Waals surface area contributed by atoms with Gasteiger partial charge in [-0.05, 0) is 18.4 Å². The molecule has 0 bridgehead atoms. The van der Waals surface area contributed by atoms with Gasteiger partial charge in [0.05, 0.1) is 5.69 Å². The predicted molar refractivity (Wildman–Crippen MR) is 89.3 cm³/mol. The van der Waals surface area contributed by atoms with Crippen LogP contribution in [0.3, 0.4) is 0 Å². The third-order valence-electron chi connectivity index (χ3n) is 4.61. The van der Waals surface area contributed by atoms with Gasteiger partial charge in [-0.3, -0.25) is 0 Å². The van der Waals surface area contributed by atoms with E-state index in [0.717, 1.165) is 11.1 Å². The van der Waals surface area contributed by atoms with Gasteiger partial charge in [0.25, 0.3) is 0 Å². The number of nitriles is 1. The molecule has 0 aliphatic heterocycles. The second-order valence-corrected chi connectivity index (χ2v) is 7.17. The molecule has 0 spiro atoms. The quantitative estimate of drug-likeness (QED) is 0.839. The van der Waals surface area contributed by atoms with Gasteiger partial charge in [0.1, 0.15) is 10.9 Å². The van der Waals surface area contributed by atoms with Gasteiger partial charge < -0.3 is 5.73 Å². The Morgan fingerprint density at radius 1 is 1.14 bits per heavy atom. The van der Waals surface area contributed by atoms with E-state index in [9.17, 15) is 5.26 Å². The maximum atomic E-state index is 9.37. The van der Waals surface area contributed by atoms with Gasteiger partial charge in [-0.15, -0.1) is 11.3 Å². The first-order chi connectivity index (χ1) is 10.2. The zero-order valence-electron chi connectivity index (χ0n) is 12.4. The molecule has 1 heterocycles. The molecule has 2 nitrogen and oxygen atoms in total. The number of rotatable bonds is 2. The number of nitrogen functional groups attached to an aromatic ring is 1. The van der Waals surface area contributed by atoms with Crippen LogP contribution >= 0.6 is 11.3 Å². The lowest BCUT2D eigenvalue weighted by Gasteiger charge is -2.34. The van der Waals surface area contributed by atoms with Crippen LogP contribution in [0.25, 0.3) is 11.1 Å². The lowest BCUT2D eigenvalue weighted by Crippen LogP contribution is -2.24. The third-order valence-corrected chi connectivity index (χ3v) is 6.03. The average molecular weight is 296 g/mol. The summed E-state index contributed by atoms with van der Waals surface area (Å²) < 4.78 is 0. The highest BCUT2D eigenvalue weighted by Gasteiger charge is 2.34. The maximum absolute atomic E-state index is 9.37. The van der Waals surface area contributed by atoms with Crippen LogP contribution in [0.2, 0.25) is 0 Å². The molecule has 0 amide bonds. The van der Waals surface area contributed by atoms with E-state index in [1.165, 1.54) is 37.0 Å². The molecule has 0 radical (unpaired) electrons. The van der Waals surface area contributed by atoms with Crippen molar-refractivity contribution in [3.8, 4) is 17.2 Å². The first-order valence-corrected chi connectivity index (χ1v) is 8.35. The highest BCUT2D eigenvalue weighted by Crippen LogP contribution is 2.50. The molecular formula is C18H20N2S. The molecule has 1 saturated carbocycles. The second-order valence-electron chi connectivity index (χ2n) is 6.15. The van der Waals surface area contributed by atoms with Crippen molar-refractivity contribution in [1.29, 1.82) is 5.26 Å². The van der Waals surface area contributed by atoms with Crippen LogP contribution in [-0.2, 0) is 5.41 Å². The summed E-state index contributed by atoms with van der Waals surface area (Å²) in [5, 5.41) is 9.37. The van der Waals surface area contributed by atoms with Gasteiger partial charge in [0, 0.05) is 15.9 Å². The van der Waals surface area contributed by atoms with Gasteiger partial charge >= 0.3 is 0 Å². The Hall–Kier alpha value is -1.79. The Bertz CT molecular complexity index is 673. The van der Waals surface area contributed by atoms with Crippen LogP contribution in [0.4, 0.5) is 5.69 Å². The van der Waals surface area contributed by atoms with E-state index in [0.29, 0.717) is 10.6 Å². The fourth-order valence-corrected chi connectivity index (χ4v) is 4.64. The van der Waals surface area contributed by atoms with Crippen LogP contribution in [0.15, 0.2) is 30.3 Å². The number of hydrogen-bond acceptors (Lipinski definition) is 3. The summed E-state index contributed by atoms with van der Waals surface area (Å²) in [7, 11) is 0. The molecule has 2 aromatic rings. The van der Waals surface area contributed by atoms with Gasteiger partial charge in [-0.2, -0.15) is 5.26 Å². The minimum Gasteiger partial charge on any atom is -0.396 e. The molecule has 21 heavy (non-hydrogen) atoms. The number of nitrogens with two attached hydrogens (primary N) is 1. The predicted octanol–water partition coefficient (Wildman–Crippen LogP) is 5.09. The number of nitrogens with zero attached hydrogens (tertiary/aromatic N) is 1. The summed E-state index contributed by atoms with van der Waals surface area (Å²) in [5.74, 6) is 0. The van der Waals surface area contributed by atoms with Crippen molar-refractivity contribution in [2.24, 2.45) is 0 Å². The van der Waals surface area contributed by atoms with Crippen molar-refractivity contribution in [2.45, 2.75) is 44.4 Å². The highest BCUT2D eigenvalue weighted by atomic mass is 32.1.